The molecule has 0 aromatic heterocycles. The zero-order valence-corrected chi connectivity index (χ0v) is 26.9. The standard InChI is InChI=1S/C30H50O4Si2/c1-23-17-25(19-27(18-23)33-35(9,10)29(2,3)4)20-28(34-36(11,12)30(5,6)7)22-32-21-24-13-15-26(31-8)16-14-24/h13-19,28H,20-22H2,1-12H3/t28-/m1/s1. The van der Waals surface area contributed by atoms with E-state index in [2.05, 4.69) is 92.9 Å². The van der Waals surface area contributed by atoms with Crippen LogP contribution in [0.15, 0.2) is 42.5 Å². The number of ether oxygens (including phenoxy) is 2. The van der Waals surface area contributed by atoms with E-state index >= 15 is 0 Å². The van der Waals surface area contributed by atoms with Crippen molar-refractivity contribution in [3.63, 3.8) is 0 Å². The number of methoxy groups -OCH3 is 1. The second kappa shape index (κ2) is 11.8. The van der Waals surface area contributed by atoms with Gasteiger partial charge in [0.25, 0.3) is 0 Å². The Morgan fingerprint density at radius 2 is 1.33 bits per heavy atom. The van der Waals surface area contributed by atoms with Gasteiger partial charge in [-0.2, -0.15) is 0 Å². The van der Waals surface area contributed by atoms with E-state index in [4.69, 9.17) is 18.3 Å². The molecule has 0 bridgehead atoms. The molecule has 0 heterocycles. The highest BCUT2D eigenvalue weighted by atomic mass is 28.4. The van der Waals surface area contributed by atoms with E-state index in [0.29, 0.717) is 13.2 Å². The molecule has 0 N–H and O–H groups in total. The molecule has 6 heteroatoms. The fourth-order valence-corrected chi connectivity index (χ4v) is 5.82. The molecule has 0 saturated heterocycles. The first kappa shape index (κ1) is 30.6. The van der Waals surface area contributed by atoms with E-state index in [9.17, 15) is 0 Å². The first-order valence-corrected chi connectivity index (χ1v) is 18.9. The molecule has 36 heavy (non-hydrogen) atoms. The third-order valence-electron chi connectivity index (χ3n) is 7.75. The maximum Gasteiger partial charge on any atom is 0.250 e. The molecule has 0 amide bonds. The van der Waals surface area contributed by atoms with Crippen LogP contribution in [-0.2, 0) is 22.2 Å². The summed E-state index contributed by atoms with van der Waals surface area (Å²) in [6.45, 7) is 26.1. The third kappa shape index (κ3) is 8.75. The van der Waals surface area contributed by atoms with Gasteiger partial charge in [0.2, 0.25) is 8.32 Å². The molecule has 0 radical (unpaired) electrons. The summed E-state index contributed by atoms with van der Waals surface area (Å²) in [5, 5.41) is 0.282. The summed E-state index contributed by atoms with van der Waals surface area (Å²) in [4.78, 5) is 0. The van der Waals surface area contributed by atoms with Crippen molar-refractivity contribution in [3.8, 4) is 11.5 Å². The molecule has 2 aromatic rings. The fraction of sp³-hybridized carbons (Fsp3) is 0.600. The van der Waals surface area contributed by atoms with E-state index in [1.54, 1.807) is 7.11 Å². The van der Waals surface area contributed by atoms with E-state index in [0.717, 1.165) is 23.5 Å². The normalized spacial score (nSPS) is 14.0. The predicted octanol–water partition coefficient (Wildman–Crippen LogP) is 8.54. The molecule has 1 atom stereocenters. The average molecular weight is 531 g/mol. The second-order valence-corrected chi connectivity index (χ2v) is 22.6. The average Bonchev–Trinajstić information content (AvgIpc) is 2.71. The highest BCUT2D eigenvalue weighted by Gasteiger charge is 2.40. The minimum atomic E-state index is -1.97. The molecule has 0 aliphatic rings. The summed E-state index contributed by atoms with van der Waals surface area (Å²) in [5.41, 5.74) is 3.58. The van der Waals surface area contributed by atoms with Crippen molar-refractivity contribution in [1.29, 1.82) is 0 Å². The minimum Gasteiger partial charge on any atom is -0.543 e. The topological polar surface area (TPSA) is 36.9 Å². The van der Waals surface area contributed by atoms with Gasteiger partial charge in [0, 0.05) is 0 Å². The van der Waals surface area contributed by atoms with Crippen molar-refractivity contribution in [2.24, 2.45) is 0 Å². The lowest BCUT2D eigenvalue weighted by Gasteiger charge is -2.39. The molecular weight excluding hydrogens is 480 g/mol. The van der Waals surface area contributed by atoms with Gasteiger partial charge < -0.3 is 18.3 Å². The molecule has 2 aromatic carbocycles. The van der Waals surface area contributed by atoms with Gasteiger partial charge in [-0.15, -0.1) is 0 Å². The largest absolute Gasteiger partial charge is 0.543 e. The minimum absolute atomic E-state index is 0.0216. The maximum atomic E-state index is 6.88. The van der Waals surface area contributed by atoms with Crippen LogP contribution in [-0.4, -0.2) is 36.5 Å². The quantitative estimate of drug-likeness (QED) is 0.273. The van der Waals surface area contributed by atoms with E-state index in [1.165, 1.54) is 11.1 Å². The molecule has 0 saturated carbocycles. The number of hydrogen-bond acceptors (Lipinski definition) is 4. The Hall–Kier alpha value is -1.61. The first-order valence-electron chi connectivity index (χ1n) is 13.1. The number of rotatable bonds is 11. The SMILES string of the molecule is COc1ccc(COC[C@@H](Cc2cc(C)cc(O[Si](C)(C)C(C)(C)C)c2)O[Si](C)(C)C(C)(C)C)cc1. The Morgan fingerprint density at radius 1 is 0.750 bits per heavy atom. The summed E-state index contributed by atoms with van der Waals surface area (Å²) in [7, 11) is -2.21. The highest BCUT2D eigenvalue weighted by Crippen LogP contribution is 2.39. The van der Waals surface area contributed by atoms with Crippen molar-refractivity contribution >= 4 is 16.6 Å². The van der Waals surface area contributed by atoms with Crippen LogP contribution in [0, 0.1) is 6.92 Å². The molecule has 0 aliphatic heterocycles. The summed E-state index contributed by atoms with van der Waals surface area (Å²) in [6, 6.07) is 14.7. The molecule has 2 rings (SSSR count). The van der Waals surface area contributed by atoms with Crippen molar-refractivity contribution < 1.29 is 18.3 Å². The van der Waals surface area contributed by atoms with Gasteiger partial charge in [-0.05, 0) is 90.6 Å². The lowest BCUT2D eigenvalue weighted by molar-refractivity contribution is 0.0346. The Labute approximate surface area is 223 Å². The van der Waals surface area contributed by atoms with Crippen LogP contribution in [0.1, 0.15) is 58.2 Å². The predicted molar refractivity (Wildman–Crippen MR) is 157 cm³/mol. The van der Waals surface area contributed by atoms with Crippen LogP contribution >= 0.6 is 0 Å². The Balaban J connectivity index is 2.21. The summed E-state index contributed by atoms with van der Waals surface area (Å²) in [5.74, 6) is 1.83. The van der Waals surface area contributed by atoms with Gasteiger partial charge in [0.1, 0.15) is 11.5 Å². The summed E-state index contributed by atoms with van der Waals surface area (Å²) in [6.07, 6.45) is 0.775. The molecule has 0 aliphatic carbocycles. The molecule has 4 nitrogen and oxygen atoms in total. The van der Waals surface area contributed by atoms with Crippen molar-refractivity contribution in [3.05, 3.63) is 59.2 Å². The van der Waals surface area contributed by atoms with Gasteiger partial charge >= 0.3 is 0 Å². The van der Waals surface area contributed by atoms with Crippen molar-refractivity contribution in [1.82, 2.24) is 0 Å². The van der Waals surface area contributed by atoms with Crippen LogP contribution in [0.2, 0.25) is 36.3 Å². The summed E-state index contributed by atoms with van der Waals surface area (Å²) >= 11 is 0. The Bertz CT molecular complexity index is 970. The third-order valence-corrected chi connectivity index (χ3v) is 16.6. The second-order valence-electron chi connectivity index (χ2n) is 13.1. The smallest absolute Gasteiger partial charge is 0.250 e. The maximum absolute atomic E-state index is 6.88. The molecule has 0 fully saturated rings. The van der Waals surface area contributed by atoms with Gasteiger partial charge in [0.15, 0.2) is 8.32 Å². The number of aryl methyl sites for hydroxylation is 1. The molecular formula is C30H50O4Si2. The fourth-order valence-electron chi connectivity index (χ4n) is 3.47. The van der Waals surface area contributed by atoms with E-state index in [1.807, 2.05) is 24.3 Å². The zero-order valence-electron chi connectivity index (χ0n) is 24.9. The lowest BCUT2D eigenvalue weighted by Crippen LogP contribution is -2.45. The van der Waals surface area contributed by atoms with E-state index < -0.39 is 16.6 Å². The highest BCUT2D eigenvalue weighted by molar-refractivity contribution is 6.75. The van der Waals surface area contributed by atoms with Crippen molar-refractivity contribution in [2.75, 3.05) is 13.7 Å². The van der Waals surface area contributed by atoms with Crippen LogP contribution in [0.25, 0.3) is 0 Å². The Morgan fingerprint density at radius 3 is 1.86 bits per heavy atom. The monoisotopic (exact) mass is 530 g/mol. The van der Waals surface area contributed by atoms with Gasteiger partial charge in [-0.3, -0.25) is 0 Å². The Kier molecular flexibility index (Phi) is 10.1. The lowest BCUT2D eigenvalue weighted by atomic mass is 10.1. The molecule has 0 unspecified atom stereocenters. The van der Waals surface area contributed by atoms with Crippen LogP contribution in [0.5, 0.6) is 11.5 Å². The zero-order chi connectivity index (χ0) is 27.4. The van der Waals surface area contributed by atoms with E-state index in [-0.39, 0.29) is 16.2 Å². The molecule has 202 valence electrons. The first-order chi connectivity index (χ1) is 16.4. The van der Waals surface area contributed by atoms with Crippen LogP contribution in [0.3, 0.4) is 0 Å². The van der Waals surface area contributed by atoms with Crippen LogP contribution < -0.4 is 9.16 Å². The number of hydrogen-bond donors (Lipinski definition) is 0. The van der Waals surface area contributed by atoms with Crippen LogP contribution in [0.4, 0.5) is 0 Å². The molecule has 0 spiro atoms. The number of benzene rings is 2. The van der Waals surface area contributed by atoms with Gasteiger partial charge in [0.05, 0.1) is 26.4 Å². The van der Waals surface area contributed by atoms with Gasteiger partial charge in [-0.25, -0.2) is 0 Å². The van der Waals surface area contributed by atoms with Crippen molar-refractivity contribution in [2.45, 2.75) is 104 Å². The van der Waals surface area contributed by atoms with Gasteiger partial charge in [-0.1, -0.05) is 59.7 Å². The summed E-state index contributed by atoms with van der Waals surface area (Å²) < 4.78 is 25.0.